The molecule has 3 aromatic rings. The van der Waals surface area contributed by atoms with Gasteiger partial charge in [0.15, 0.2) is 10.1 Å². The maximum atomic E-state index is 13.2. The first-order chi connectivity index (χ1) is 19.3. The Kier molecular flexibility index (Phi) is 7.88. The highest BCUT2D eigenvalue weighted by molar-refractivity contribution is 8.01. The summed E-state index contributed by atoms with van der Waals surface area (Å²) in [4.78, 5) is 38.5. The first kappa shape index (κ1) is 27.4. The number of amides is 1. The predicted octanol–water partition coefficient (Wildman–Crippen LogP) is 4.93. The van der Waals surface area contributed by atoms with Crippen molar-refractivity contribution in [1.82, 2.24) is 10.2 Å². The number of aromatic carboxylic acids is 1. The lowest BCUT2D eigenvalue weighted by Crippen LogP contribution is -2.38. The van der Waals surface area contributed by atoms with E-state index in [-0.39, 0.29) is 34.4 Å². The summed E-state index contributed by atoms with van der Waals surface area (Å²) in [5.74, 6) is -2.03. The van der Waals surface area contributed by atoms with Crippen LogP contribution in [0.15, 0.2) is 75.5 Å². The Balaban J connectivity index is 1.40. The summed E-state index contributed by atoms with van der Waals surface area (Å²) >= 11 is 8.82. The van der Waals surface area contributed by atoms with Gasteiger partial charge in [-0.15, -0.1) is 10.2 Å². The van der Waals surface area contributed by atoms with E-state index < -0.39 is 11.9 Å². The average molecular weight is 593 g/mol. The average Bonchev–Trinajstić information content (AvgIpc) is 3.40. The van der Waals surface area contributed by atoms with Gasteiger partial charge in [-0.05, 0) is 42.7 Å². The molecule has 1 amide bonds. The molecule has 40 heavy (non-hydrogen) atoms. The van der Waals surface area contributed by atoms with Gasteiger partial charge in [-0.1, -0.05) is 59.0 Å². The highest BCUT2D eigenvalue weighted by Crippen LogP contribution is 2.48. The van der Waals surface area contributed by atoms with Crippen LogP contribution >= 0.6 is 34.7 Å². The summed E-state index contributed by atoms with van der Waals surface area (Å²) in [5, 5.41) is 31.2. The molecule has 0 radical (unpaired) electrons. The number of ketones is 1. The molecule has 2 aliphatic rings. The molecule has 1 unspecified atom stereocenters. The number of nitrogens with one attached hydrogen (secondary N) is 1. The Morgan fingerprint density at radius 1 is 1.23 bits per heavy atom. The number of carboxylic acids is 1. The largest absolute Gasteiger partial charge is 0.478 e. The van der Waals surface area contributed by atoms with Crippen molar-refractivity contribution in [3.63, 3.8) is 0 Å². The Morgan fingerprint density at radius 3 is 2.77 bits per heavy atom. The number of thioether (sulfide) groups is 1. The molecule has 0 saturated carbocycles. The van der Waals surface area contributed by atoms with Crippen LogP contribution in [0.4, 0.5) is 10.8 Å². The molecule has 1 atom stereocenters. The molecule has 0 fully saturated rings. The van der Waals surface area contributed by atoms with E-state index in [4.69, 9.17) is 22.4 Å². The molecule has 0 spiro atoms. The number of halogens is 1. The molecule has 10 nitrogen and oxygen atoms in total. The van der Waals surface area contributed by atoms with Crippen molar-refractivity contribution < 1.29 is 19.5 Å². The normalized spacial score (nSPS) is 16.9. The predicted molar refractivity (Wildman–Crippen MR) is 152 cm³/mol. The first-order valence-electron chi connectivity index (χ1n) is 12.1. The first-order valence-corrected chi connectivity index (χ1v) is 14.3. The van der Waals surface area contributed by atoms with E-state index in [9.17, 15) is 19.6 Å². The zero-order valence-electron chi connectivity index (χ0n) is 20.8. The van der Waals surface area contributed by atoms with Gasteiger partial charge in [-0.3, -0.25) is 14.5 Å². The van der Waals surface area contributed by atoms with Gasteiger partial charge in [0.25, 0.3) is 0 Å². The van der Waals surface area contributed by atoms with Crippen molar-refractivity contribution in [2.45, 2.75) is 29.5 Å². The molecule has 13 heteroatoms. The topological polar surface area (TPSA) is 162 Å². The number of Topliss-reactive ketones (excluding diaryl/α,β-unsaturated/α-hetero) is 1. The van der Waals surface area contributed by atoms with E-state index >= 15 is 0 Å². The van der Waals surface area contributed by atoms with Gasteiger partial charge in [0.2, 0.25) is 11.0 Å². The number of carboxylic acid groups (broad SMARTS) is 1. The zero-order valence-corrected chi connectivity index (χ0v) is 23.1. The number of nitriles is 1. The number of anilines is 2. The zero-order chi connectivity index (χ0) is 28.4. The number of benzene rings is 2. The quantitative estimate of drug-likeness (QED) is 0.321. The lowest BCUT2D eigenvalue weighted by molar-refractivity contribution is -0.116. The summed E-state index contributed by atoms with van der Waals surface area (Å²) in [7, 11) is 0. The number of carbonyl (C=O) groups excluding carboxylic acids is 2. The van der Waals surface area contributed by atoms with E-state index in [2.05, 4.69) is 21.6 Å². The fraction of sp³-hybridized carbons (Fsp3) is 0.185. The number of hydrogen-bond donors (Lipinski definition) is 3. The SMILES string of the molecule is N#CC1=C(N)N(c2nnc(SCC(=O)Nc3cccc(C(=O)O)c3)s2)C2=C(C(=O)CCC2)C1c1ccccc1Cl. The number of carbonyl (C=O) groups is 3. The molecule has 5 rings (SSSR count). The summed E-state index contributed by atoms with van der Waals surface area (Å²) < 4.78 is 0.480. The highest BCUT2D eigenvalue weighted by atomic mass is 35.5. The van der Waals surface area contributed by atoms with Crippen LogP contribution in [0.2, 0.25) is 5.02 Å². The van der Waals surface area contributed by atoms with Gasteiger partial charge in [0.1, 0.15) is 5.82 Å². The van der Waals surface area contributed by atoms with Crippen LogP contribution in [0.25, 0.3) is 0 Å². The van der Waals surface area contributed by atoms with E-state index in [0.717, 1.165) is 11.8 Å². The Hall–Kier alpha value is -4.18. The molecule has 202 valence electrons. The molecule has 1 aliphatic carbocycles. The molecule has 2 heterocycles. The van der Waals surface area contributed by atoms with Crippen molar-refractivity contribution in [2.75, 3.05) is 16.0 Å². The molecule has 0 saturated heterocycles. The van der Waals surface area contributed by atoms with Crippen LogP contribution in [-0.2, 0) is 9.59 Å². The number of aromatic nitrogens is 2. The lowest BCUT2D eigenvalue weighted by Gasteiger charge is -2.38. The number of nitrogens with zero attached hydrogens (tertiary/aromatic N) is 4. The van der Waals surface area contributed by atoms with Gasteiger partial charge >= 0.3 is 5.97 Å². The van der Waals surface area contributed by atoms with Gasteiger partial charge in [-0.25, -0.2) is 4.79 Å². The van der Waals surface area contributed by atoms with Crippen molar-refractivity contribution in [2.24, 2.45) is 5.73 Å². The molecule has 4 N–H and O–H groups in total. The van der Waals surface area contributed by atoms with Crippen molar-refractivity contribution in [3.8, 4) is 6.07 Å². The van der Waals surface area contributed by atoms with E-state index in [0.29, 0.717) is 56.3 Å². The standard InChI is InChI=1S/C27H21ClN6O4S2/c28-18-8-2-1-7-16(18)22-17(12-29)24(30)34(19-9-4-10-20(35)23(19)22)26-32-33-27(40-26)39-13-21(36)31-15-6-3-5-14(11-15)25(37)38/h1-3,5-8,11,22H,4,9-10,13,30H2,(H,31,36)(H,37,38). The van der Waals surface area contributed by atoms with Crippen LogP contribution in [0.1, 0.15) is 41.1 Å². The van der Waals surface area contributed by atoms with Gasteiger partial charge in [0.05, 0.1) is 28.9 Å². The van der Waals surface area contributed by atoms with Crippen LogP contribution in [-0.4, -0.2) is 38.7 Å². The van der Waals surface area contributed by atoms with Crippen molar-refractivity contribution >= 4 is 63.2 Å². The molecule has 1 aromatic heterocycles. The second-order valence-electron chi connectivity index (χ2n) is 8.91. The molecule has 0 bridgehead atoms. The van der Waals surface area contributed by atoms with Gasteiger partial charge < -0.3 is 16.2 Å². The summed E-state index contributed by atoms with van der Waals surface area (Å²) in [6.45, 7) is 0. The fourth-order valence-electron chi connectivity index (χ4n) is 4.73. The minimum absolute atomic E-state index is 0.00170. The van der Waals surface area contributed by atoms with E-state index in [1.807, 2.05) is 0 Å². The Labute approximate surface area is 242 Å². The van der Waals surface area contributed by atoms with Crippen molar-refractivity contribution in [3.05, 3.63) is 87.3 Å². The van der Waals surface area contributed by atoms with Crippen LogP contribution < -0.4 is 16.0 Å². The third-order valence-electron chi connectivity index (χ3n) is 6.44. The monoisotopic (exact) mass is 592 g/mol. The number of hydrogen-bond acceptors (Lipinski definition) is 10. The lowest BCUT2D eigenvalue weighted by atomic mass is 9.76. The summed E-state index contributed by atoms with van der Waals surface area (Å²) in [5.41, 5.74) is 8.99. The van der Waals surface area contributed by atoms with Gasteiger partial charge in [-0.2, -0.15) is 5.26 Å². The maximum absolute atomic E-state index is 13.2. The minimum atomic E-state index is -1.09. The number of rotatable bonds is 7. The van der Waals surface area contributed by atoms with Crippen LogP contribution in [0, 0.1) is 11.3 Å². The number of allylic oxidation sites excluding steroid dienone is 3. The van der Waals surface area contributed by atoms with Crippen LogP contribution in [0.5, 0.6) is 0 Å². The summed E-state index contributed by atoms with van der Waals surface area (Å²) in [6, 6.07) is 15.2. The van der Waals surface area contributed by atoms with Crippen molar-refractivity contribution in [1.29, 1.82) is 5.26 Å². The fourth-order valence-corrected chi connectivity index (χ4v) is 6.66. The number of nitrogens with two attached hydrogens (primary N) is 1. The second kappa shape index (κ2) is 11.5. The smallest absolute Gasteiger partial charge is 0.335 e. The third kappa shape index (κ3) is 5.31. The Bertz CT molecular complexity index is 1640. The summed E-state index contributed by atoms with van der Waals surface area (Å²) in [6.07, 6.45) is 1.54. The minimum Gasteiger partial charge on any atom is -0.478 e. The third-order valence-corrected chi connectivity index (χ3v) is 8.82. The highest BCUT2D eigenvalue weighted by Gasteiger charge is 2.41. The second-order valence-corrected chi connectivity index (χ2v) is 11.5. The van der Waals surface area contributed by atoms with E-state index in [1.165, 1.54) is 23.5 Å². The van der Waals surface area contributed by atoms with Gasteiger partial charge in [0, 0.05) is 28.4 Å². The molecule has 1 aliphatic heterocycles. The maximum Gasteiger partial charge on any atom is 0.335 e. The molecular weight excluding hydrogens is 572 g/mol. The molecule has 2 aromatic carbocycles. The van der Waals surface area contributed by atoms with Crippen LogP contribution in [0.3, 0.4) is 0 Å². The van der Waals surface area contributed by atoms with E-state index in [1.54, 1.807) is 41.3 Å². The molecular formula is C27H21ClN6O4S2. The Morgan fingerprint density at radius 2 is 2.02 bits per heavy atom.